The van der Waals surface area contributed by atoms with Gasteiger partial charge in [-0.15, -0.1) is 0 Å². The molecule has 4 nitrogen and oxygen atoms in total. The van der Waals surface area contributed by atoms with Gasteiger partial charge in [0, 0.05) is 55.7 Å². The van der Waals surface area contributed by atoms with Gasteiger partial charge in [0.15, 0.2) is 0 Å². The first-order valence-electron chi connectivity index (χ1n) is 25.8. The van der Waals surface area contributed by atoms with Gasteiger partial charge in [0.2, 0.25) is 7.28 Å². The summed E-state index contributed by atoms with van der Waals surface area (Å²) in [7, 11) is 2.38. The summed E-state index contributed by atoms with van der Waals surface area (Å²) in [5.74, 6) is 0. The van der Waals surface area contributed by atoms with Gasteiger partial charge in [-0.2, -0.15) is 0 Å². The van der Waals surface area contributed by atoms with Crippen LogP contribution >= 0.6 is 0 Å². The van der Waals surface area contributed by atoms with Crippen LogP contribution in [0.3, 0.4) is 0 Å². The summed E-state index contributed by atoms with van der Waals surface area (Å²) in [4.78, 5) is 2.37. The summed E-state index contributed by atoms with van der Waals surface area (Å²) in [5, 5.41) is 7.80. The van der Waals surface area contributed by atoms with Crippen LogP contribution in [0.2, 0.25) is 0 Å². The van der Waals surface area contributed by atoms with E-state index >= 15 is 0 Å². The Balaban J connectivity index is 1.17. The van der Waals surface area contributed by atoms with Crippen LogP contribution in [0.5, 0.6) is 0 Å². The molecule has 2 aliphatic carbocycles. The third-order valence-corrected chi connectivity index (χ3v) is 17.0. The highest BCUT2D eigenvalue weighted by molar-refractivity contribution is 6.73. The molecule has 7 aromatic carbocycles. The fraction of sp³-hybridized carbons (Fsp3) is 0.323. The number of para-hydroxylation sites is 2. The second kappa shape index (κ2) is 15.3. The monoisotopic (exact) mass is 917 g/mol. The topological polar surface area (TPSA) is 33.3 Å². The largest absolute Gasteiger partial charge is 0.469 e. The maximum absolute atomic E-state index is 7.27. The van der Waals surface area contributed by atoms with Crippen molar-refractivity contribution in [3.8, 4) is 16.8 Å². The van der Waals surface area contributed by atoms with Crippen LogP contribution in [0.25, 0.3) is 49.6 Å². The van der Waals surface area contributed by atoms with Gasteiger partial charge in [0.05, 0.1) is 16.9 Å². The molecule has 1 radical (unpaired) electrons. The second-order valence-corrected chi connectivity index (χ2v) is 24.7. The standard InChI is InChI=1S/C65H67BN3O/c1-39-33-46(45-34-44(68(42-19-15-13-16-20-42)43-21-17-14-18-22-43)27-28-53(45)67-41-25-23-40(24-26-41)61(2,3)4)57-59-56(39)47-35-49-51(64(9,10)31-29-62(49,5)6)37-54(47)69(59)58-48-36-50-52(38-55(48)70-60(58)66-57)65(11,12)32-30-63(50,7)8/h13-28,33-38,67H,29-32H2,1-12H3. The number of aryl methyl sites for hydroxylation is 1. The maximum Gasteiger partial charge on any atom is 0.247 e. The molecule has 1 aliphatic heterocycles. The van der Waals surface area contributed by atoms with Crippen molar-refractivity contribution in [2.45, 2.75) is 136 Å². The lowest BCUT2D eigenvalue weighted by atomic mass is 9.61. The van der Waals surface area contributed by atoms with Crippen molar-refractivity contribution in [3.05, 3.63) is 167 Å². The zero-order valence-corrected chi connectivity index (χ0v) is 43.4. The van der Waals surface area contributed by atoms with Gasteiger partial charge < -0.3 is 19.2 Å². The van der Waals surface area contributed by atoms with E-state index in [4.69, 9.17) is 4.42 Å². The number of nitrogens with one attached hydrogen (secondary N) is 1. The molecule has 3 aliphatic rings. The highest BCUT2D eigenvalue weighted by atomic mass is 16.3. The third kappa shape index (κ3) is 6.92. The summed E-state index contributed by atoms with van der Waals surface area (Å²) < 4.78 is 9.90. The molecule has 9 aromatic rings. The van der Waals surface area contributed by atoms with E-state index in [1.165, 1.54) is 83.7 Å². The van der Waals surface area contributed by atoms with E-state index in [0.717, 1.165) is 64.5 Å². The van der Waals surface area contributed by atoms with Gasteiger partial charge in [-0.1, -0.05) is 131 Å². The number of fused-ring (bicyclic) bond motifs is 9. The number of aromatic nitrogens is 1. The van der Waals surface area contributed by atoms with E-state index in [2.05, 4.69) is 239 Å². The highest BCUT2D eigenvalue weighted by Gasteiger charge is 2.41. The quantitative estimate of drug-likeness (QED) is 0.169. The van der Waals surface area contributed by atoms with Crippen LogP contribution in [0.15, 0.2) is 138 Å². The van der Waals surface area contributed by atoms with Crippen LogP contribution < -0.4 is 21.3 Å². The zero-order chi connectivity index (χ0) is 48.9. The predicted octanol–water partition coefficient (Wildman–Crippen LogP) is 16.7. The average molecular weight is 917 g/mol. The summed E-state index contributed by atoms with van der Waals surface area (Å²) in [6, 6.07) is 50.0. The van der Waals surface area contributed by atoms with E-state index in [9.17, 15) is 0 Å². The van der Waals surface area contributed by atoms with Crippen molar-refractivity contribution in [3.63, 3.8) is 0 Å². The predicted molar refractivity (Wildman–Crippen MR) is 299 cm³/mol. The van der Waals surface area contributed by atoms with Crippen molar-refractivity contribution >= 4 is 79.6 Å². The molecule has 3 heterocycles. The van der Waals surface area contributed by atoms with Crippen LogP contribution in [0.4, 0.5) is 28.4 Å². The summed E-state index contributed by atoms with van der Waals surface area (Å²) >= 11 is 0. The van der Waals surface area contributed by atoms with Crippen molar-refractivity contribution in [1.82, 2.24) is 4.57 Å². The lowest BCUT2D eigenvalue weighted by Crippen LogP contribution is -2.36. The van der Waals surface area contributed by atoms with Crippen LogP contribution in [-0.4, -0.2) is 11.8 Å². The Hall–Kier alpha value is -6.46. The van der Waals surface area contributed by atoms with E-state index in [1.807, 2.05) is 0 Å². The Morgan fingerprint density at radius 1 is 0.571 bits per heavy atom. The Labute approximate surface area is 416 Å². The molecule has 0 atom stereocenters. The molecule has 12 rings (SSSR count). The molecule has 0 fully saturated rings. The first-order chi connectivity index (χ1) is 33.2. The van der Waals surface area contributed by atoms with E-state index in [1.54, 1.807) is 0 Å². The number of furan rings is 1. The number of benzene rings is 7. The van der Waals surface area contributed by atoms with E-state index in [-0.39, 0.29) is 27.1 Å². The number of hydrogen-bond acceptors (Lipinski definition) is 3. The van der Waals surface area contributed by atoms with Crippen molar-refractivity contribution in [2.24, 2.45) is 0 Å². The molecule has 2 aromatic heterocycles. The molecule has 0 bridgehead atoms. The minimum absolute atomic E-state index is 0.0467. The van der Waals surface area contributed by atoms with Crippen molar-refractivity contribution in [1.29, 1.82) is 0 Å². The van der Waals surface area contributed by atoms with Crippen LogP contribution in [0, 0.1) is 6.92 Å². The van der Waals surface area contributed by atoms with Gasteiger partial charge in [-0.3, -0.25) is 0 Å². The average Bonchev–Trinajstić information content (AvgIpc) is 3.86. The first-order valence-corrected chi connectivity index (χ1v) is 25.8. The molecule has 5 heteroatoms. The number of nitrogens with zero attached hydrogens (tertiary/aromatic N) is 2. The summed E-state index contributed by atoms with van der Waals surface area (Å²) in [5.41, 5.74) is 23.1. The van der Waals surface area contributed by atoms with Gasteiger partial charge in [-0.25, -0.2) is 0 Å². The number of hydrogen-bond donors (Lipinski definition) is 1. The number of rotatable bonds is 6. The molecule has 1 N–H and O–H groups in total. The van der Waals surface area contributed by atoms with Crippen molar-refractivity contribution in [2.75, 3.05) is 10.2 Å². The molecular formula is C65H67BN3O. The fourth-order valence-corrected chi connectivity index (χ4v) is 12.5. The smallest absolute Gasteiger partial charge is 0.247 e. The third-order valence-electron chi connectivity index (χ3n) is 17.0. The molecule has 0 saturated heterocycles. The second-order valence-electron chi connectivity index (χ2n) is 24.7. The number of anilines is 5. The van der Waals surface area contributed by atoms with Gasteiger partial charge in [0.25, 0.3) is 0 Å². The molecule has 0 saturated carbocycles. The molecule has 0 unspecified atom stereocenters. The van der Waals surface area contributed by atoms with Gasteiger partial charge >= 0.3 is 0 Å². The van der Waals surface area contributed by atoms with Crippen LogP contribution in [0.1, 0.15) is 135 Å². The molecular weight excluding hydrogens is 850 g/mol. The van der Waals surface area contributed by atoms with Gasteiger partial charge in [0.1, 0.15) is 5.58 Å². The molecule has 351 valence electrons. The summed E-state index contributed by atoms with van der Waals surface area (Å²) in [6.07, 6.45) is 4.64. The molecule has 0 amide bonds. The zero-order valence-electron chi connectivity index (χ0n) is 43.4. The van der Waals surface area contributed by atoms with E-state index < -0.39 is 0 Å². The Bertz CT molecular complexity index is 3540. The highest BCUT2D eigenvalue weighted by Crippen LogP contribution is 2.52. The molecule has 70 heavy (non-hydrogen) atoms. The lowest BCUT2D eigenvalue weighted by molar-refractivity contribution is 0.332. The minimum Gasteiger partial charge on any atom is -0.469 e. The van der Waals surface area contributed by atoms with E-state index in [0.29, 0.717) is 0 Å². The Morgan fingerprint density at radius 2 is 1.11 bits per heavy atom. The first kappa shape index (κ1) is 44.7. The van der Waals surface area contributed by atoms with Gasteiger partial charge in [-0.05, 0) is 183 Å². The van der Waals surface area contributed by atoms with Crippen LogP contribution in [-0.2, 0) is 27.1 Å². The maximum atomic E-state index is 7.27. The fourth-order valence-electron chi connectivity index (χ4n) is 12.5. The lowest BCUT2D eigenvalue weighted by Gasteiger charge is -2.42. The SMILES string of the molecule is Cc1cc(-c2cc(N(c3ccccc3)c3ccccc3)ccc2Nc2ccc(C(C)(C)C)cc2)c2c3c1c1cc4c(cc1n3-c1c(oc3cc5c(cc13)C(C)(C)CCC5(C)C)[B]2)C(C)(C)CCC4(C)C. The minimum atomic E-state index is 0.0467. The normalized spacial score (nSPS) is 17.2. The molecule has 0 spiro atoms. The van der Waals surface area contributed by atoms with Crippen molar-refractivity contribution < 1.29 is 4.42 Å². The Morgan fingerprint density at radius 3 is 1.69 bits per heavy atom. The Kier molecular flexibility index (Phi) is 9.76. The summed E-state index contributed by atoms with van der Waals surface area (Å²) in [6.45, 7) is 28.7.